The van der Waals surface area contributed by atoms with Gasteiger partial charge in [-0.3, -0.25) is 19.2 Å². The lowest BCUT2D eigenvalue weighted by molar-refractivity contribution is -0.136. The summed E-state index contributed by atoms with van der Waals surface area (Å²) in [6, 6.07) is 29.9. The van der Waals surface area contributed by atoms with Crippen LogP contribution < -0.4 is 21.3 Å². The number of fused-ring (bicyclic) bond motifs is 1. The third-order valence-corrected chi connectivity index (χ3v) is 9.45. The molecule has 6 rings (SSSR count). The first kappa shape index (κ1) is 40.2. The number of carbonyl (C=O) groups excluding carboxylic acids is 5. The highest BCUT2D eigenvalue weighted by atomic mass is 16.6. The predicted molar refractivity (Wildman–Crippen MR) is 219 cm³/mol. The first-order chi connectivity index (χ1) is 27.4. The summed E-state index contributed by atoms with van der Waals surface area (Å²) in [6.07, 6.45) is 2.35. The first-order valence-electron chi connectivity index (χ1n) is 19.3. The molecule has 0 saturated carbocycles. The van der Waals surface area contributed by atoms with Gasteiger partial charge in [-0.2, -0.15) is 0 Å². The number of amides is 5. The number of hydrogen-bond acceptors (Lipinski definition) is 7. The van der Waals surface area contributed by atoms with E-state index in [2.05, 4.69) is 26.3 Å². The molecule has 0 aliphatic carbocycles. The average Bonchev–Trinajstić information content (AvgIpc) is 3.85. The highest BCUT2D eigenvalue weighted by Gasteiger charge is 2.34. The van der Waals surface area contributed by atoms with Crippen molar-refractivity contribution in [1.82, 2.24) is 25.5 Å². The maximum Gasteiger partial charge on any atom is 0.408 e. The number of ether oxygens (including phenoxy) is 1. The largest absolute Gasteiger partial charge is 0.444 e. The zero-order valence-corrected chi connectivity index (χ0v) is 32.5. The van der Waals surface area contributed by atoms with Gasteiger partial charge in [-0.25, -0.2) is 9.78 Å². The molecule has 13 nitrogen and oxygen atoms in total. The number of aromatic amines is 1. The molecule has 1 aliphatic rings. The van der Waals surface area contributed by atoms with Crippen LogP contribution >= 0.6 is 0 Å². The molecule has 1 aromatic heterocycles. The molecule has 57 heavy (non-hydrogen) atoms. The SMILES string of the molecule is CC(C)(C)OC(=O)N[C@@H](C(=O)NCCCCC(=O)Nc1ccc(-c2nc3cc(NC(=O)[C@@H]4CCCN4C(=O)Cc4ccccc4)ccc3[nH]2)cc1)c1ccccc1. The van der Waals surface area contributed by atoms with Crippen LogP contribution in [0.3, 0.4) is 0 Å². The highest BCUT2D eigenvalue weighted by Crippen LogP contribution is 2.26. The number of carbonyl (C=O) groups is 5. The number of aromatic nitrogens is 2. The number of H-pyrrole nitrogens is 1. The highest BCUT2D eigenvalue weighted by molar-refractivity contribution is 5.99. The second-order valence-corrected chi connectivity index (χ2v) is 15.1. The van der Waals surface area contributed by atoms with E-state index in [0.29, 0.717) is 60.6 Å². The Balaban J connectivity index is 0.954. The van der Waals surface area contributed by atoms with Crippen LogP contribution in [0.15, 0.2) is 103 Å². The molecular formula is C44H49N7O6. The number of unbranched alkanes of at least 4 members (excludes halogenated alkanes) is 1. The number of nitrogens with zero attached hydrogens (tertiary/aromatic N) is 2. The molecule has 13 heteroatoms. The minimum atomic E-state index is -0.921. The summed E-state index contributed by atoms with van der Waals surface area (Å²) < 4.78 is 5.35. The Hall–Kier alpha value is -6.50. The Bertz CT molecular complexity index is 2180. The molecule has 0 radical (unpaired) electrons. The smallest absolute Gasteiger partial charge is 0.408 e. The van der Waals surface area contributed by atoms with Crippen LogP contribution in [-0.4, -0.2) is 69.3 Å². The zero-order chi connectivity index (χ0) is 40.4. The van der Waals surface area contributed by atoms with Gasteiger partial charge in [0.1, 0.15) is 23.5 Å². The van der Waals surface area contributed by atoms with Crippen molar-refractivity contribution in [3.8, 4) is 11.4 Å². The van der Waals surface area contributed by atoms with Crippen LogP contribution in [0, 0.1) is 0 Å². The molecule has 2 heterocycles. The minimum Gasteiger partial charge on any atom is -0.444 e. The van der Waals surface area contributed by atoms with Crippen LogP contribution in [0.1, 0.15) is 70.0 Å². The van der Waals surface area contributed by atoms with Gasteiger partial charge in [-0.05, 0) is 100 Å². The molecule has 0 unspecified atom stereocenters. The van der Waals surface area contributed by atoms with Gasteiger partial charge in [0, 0.05) is 36.4 Å². The van der Waals surface area contributed by atoms with Crippen LogP contribution in [0.5, 0.6) is 0 Å². The number of alkyl carbamates (subject to hydrolysis) is 1. The lowest BCUT2D eigenvalue weighted by Gasteiger charge is -2.24. The normalized spacial score (nSPS) is 14.4. The quantitative estimate of drug-likeness (QED) is 0.0764. The number of benzene rings is 4. The van der Waals surface area contributed by atoms with E-state index in [4.69, 9.17) is 9.72 Å². The molecule has 296 valence electrons. The second kappa shape index (κ2) is 18.4. The summed E-state index contributed by atoms with van der Waals surface area (Å²) >= 11 is 0. The van der Waals surface area contributed by atoms with E-state index in [1.807, 2.05) is 60.7 Å². The maximum absolute atomic E-state index is 13.3. The van der Waals surface area contributed by atoms with Crippen LogP contribution in [0.25, 0.3) is 22.4 Å². The summed E-state index contributed by atoms with van der Waals surface area (Å²) in [7, 11) is 0. The molecule has 1 fully saturated rings. The number of imidazole rings is 1. The summed E-state index contributed by atoms with van der Waals surface area (Å²) in [4.78, 5) is 74.2. The summed E-state index contributed by atoms with van der Waals surface area (Å²) in [6.45, 7) is 6.15. The standard InChI is InChI=1S/C44H49N7O6/c1-44(2,3)57-43(56)50-39(30-15-8-5-9-16-30)42(55)45-25-11-10-18-37(52)46-32-21-19-31(20-22-32)40-48-34-24-23-33(28-35(34)49-40)47-41(54)36-17-12-26-51(36)38(53)27-29-13-6-4-7-14-29/h4-9,13-16,19-24,28,36,39H,10-12,17-18,25-27H2,1-3H3,(H,45,55)(H,46,52)(H,47,54)(H,48,49)(H,50,56)/t36-,39+/m0/s1. The summed E-state index contributed by atoms with van der Waals surface area (Å²) in [5, 5.41) is 11.4. The number of rotatable bonds is 14. The fourth-order valence-electron chi connectivity index (χ4n) is 6.69. The molecule has 5 N–H and O–H groups in total. The van der Waals surface area contributed by atoms with E-state index in [0.717, 1.165) is 23.1 Å². The molecule has 1 aliphatic heterocycles. The molecule has 2 atom stereocenters. The van der Waals surface area contributed by atoms with Gasteiger partial charge in [-0.15, -0.1) is 0 Å². The van der Waals surface area contributed by atoms with Gasteiger partial charge in [-0.1, -0.05) is 60.7 Å². The molecule has 1 saturated heterocycles. The number of anilines is 2. The lowest BCUT2D eigenvalue weighted by atomic mass is 10.1. The molecule has 4 aromatic carbocycles. The van der Waals surface area contributed by atoms with Gasteiger partial charge in [0.2, 0.25) is 23.6 Å². The van der Waals surface area contributed by atoms with E-state index in [1.54, 1.807) is 68.1 Å². The van der Waals surface area contributed by atoms with Crippen molar-refractivity contribution in [2.45, 2.75) is 77.0 Å². The average molecular weight is 772 g/mol. The van der Waals surface area contributed by atoms with Crippen molar-refractivity contribution in [2.75, 3.05) is 23.7 Å². The van der Waals surface area contributed by atoms with E-state index in [-0.39, 0.29) is 36.5 Å². The third kappa shape index (κ3) is 11.3. The Morgan fingerprint density at radius 3 is 2.28 bits per heavy atom. The first-order valence-corrected chi connectivity index (χ1v) is 19.3. The van der Waals surface area contributed by atoms with Gasteiger partial charge < -0.3 is 35.9 Å². The van der Waals surface area contributed by atoms with Crippen molar-refractivity contribution in [1.29, 1.82) is 0 Å². The Labute approximate surface area is 332 Å². The number of nitrogens with one attached hydrogen (secondary N) is 5. The summed E-state index contributed by atoms with van der Waals surface area (Å²) in [5.74, 6) is -0.149. The van der Waals surface area contributed by atoms with Gasteiger partial charge >= 0.3 is 6.09 Å². The van der Waals surface area contributed by atoms with E-state index in [9.17, 15) is 24.0 Å². The molecule has 0 spiro atoms. The van der Waals surface area contributed by atoms with Gasteiger partial charge in [0.15, 0.2) is 0 Å². The number of likely N-dealkylation sites (tertiary alicyclic amines) is 1. The molecule has 5 amide bonds. The van der Waals surface area contributed by atoms with E-state index < -0.39 is 23.8 Å². The van der Waals surface area contributed by atoms with Crippen molar-refractivity contribution < 1.29 is 28.7 Å². The zero-order valence-electron chi connectivity index (χ0n) is 32.5. The third-order valence-electron chi connectivity index (χ3n) is 9.45. The van der Waals surface area contributed by atoms with Crippen molar-refractivity contribution in [3.63, 3.8) is 0 Å². The van der Waals surface area contributed by atoms with E-state index in [1.165, 1.54) is 0 Å². The summed E-state index contributed by atoms with van der Waals surface area (Å²) in [5.41, 5.74) is 4.37. The Morgan fingerprint density at radius 2 is 1.56 bits per heavy atom. The molecular weight excluding hydrogens is 723 g/mol. The van der Waals surface area contributed by atoms with Gasteiger partial charge in [0.05, 0.1) is 17.5 Å². The maximum atomic E-state index is 13.3. The van der Waals surface area contributed by atoms with Crippen LogP contribution in [0.4, 0.5) is 16.2 Å². The molecule has 5 aromatic rings. The monoisotopic (exact) mass is 771 g/mol. The van der Waals surface area contributed by atoms with Crippen molar-refractivity contribution >= 4 is 52.1 Å². The predicted octanol–water partition coefficient (Wildman–Crippen LogP) is 6.89. The number of hydrogen-bond donors (Lipinski definition) is 5. The van der Waals surface area contributed by atoms with E-state index >= 15 is 0 Å². The van der Waals surface area contributed by atoms with Crippen LogP contribution in [0.2, 0.25) is 0 Å². The van der Waals surface area contributed by atoms with Gasteiger partial charge in [0.25, 0.3) is 0 Å². The fourth-order valence-corrected chi connectivity index (χ4v) is 6.69. The van der Waals surface area contributed by atoms with Crippen LogP contribution in [-0.2, 0) is 30.3 Å². The van der Waals surface area contributed by atoms with Crippen molar-refractivity contribution in [3.05, 3.63) is 114 Å². The molecule has 0 bridgehead atoms. The Kier molecular flexibility index (Phi) is 13.0. The lowest BCUT2D eigenvalue weighted by Crippen LogP contribution is -2.43. The fraction of sp³-hybridized carbons (Fsp3) is 0.318. The topological polar surface area (TPSA) is 175 Å². The van der Waals surface area contributed by atoms with Crippen molar-refractivity contribution in [2.24, 2.45) is 0 Å². The minimum absolute atomic E-state index is 0.0552. The second-order valence-electron chi connectivity index (χ2n) is 15.1. The Morgan fingerprint density at radius 1 is 0.860 bits per heavy atom.